The normalized spacial score (nSPS) is 19.3. The molecule has 1 atom stereocenters. The molecule has 3 rings (SSSR count). The fourth-order valence-corrected chi connectivity index (χ4v) is 2.72. The molecule has 0 spiro atoms. The van der Waals surface area contributed by atoms with E-state index < -0.39 is 0 Å². The molecule has 5 nitrogen and oxygen atoms in total. The summed E-state index contributed by atoms with van der Waals surface area (Å²) in [6, 6.07) is 5.80. The third-order valence-electron chi connectivity index (χ3n) is 3.76. The van der Waals surface area contributed by atoms with Crippen LogP contribution in [0.5, 0.6) is 0 Å². The maximum absolute atomic E-state index is 12.6. The molecule has 100 valence electrons. The number of likely N-dealkylation sites (tertiary alicyclic amines) is 1. The van der Waals surface area contributed by atoms with Gasteiger partial charge >= 0.3 is 0 Å². The van der Waals surface area contributed by atoms with Crippen molar-refractivity contribution in [1.29, 1.82) is 0 Å². The molecule has 1 amide bonds. The molecular weight excluding hydrogens is 242 g/mol. The monoisotopic (exact) mass is 259 g/mol. The number of fused-ring (bicyclic) bond motifs is 1. The summed E-state index contributed by atoms with van der Waals surface area (Å²) in [7, 11) is 0. The topological polar surface area (TPSA) is 69.2 Å². The largest absolute Gasteiger partial charge is 0.388 e. The van der Waals surface area contributed by atoms with Gasteiger partial charge in [-0.25, -0.2) is 4.98 Å². The number of hydrogen-bond acceptors (Lipinski definition) is 3. The number of imidazole rings is 1. The second-order valence-corrected chi connectivity index (χ2v) is 5.03. The van der Waals surface area contributed by atoms with Crippen molar-refractivity contribution in [1.82, 2.24) is 14.9 Å². The number of aliphatic hydroxyl groups is 1. The van der Waals surface area contributed by atoms with Crippen LogP contribution in [0.4, 0.5) is 0 Å². The van der Waals surface area contributed by atoms with Gasteiger partial charge in [-0.3, -0.25) is 4.79 Å². The summed E-state index contributed by atoms with van der Waals surface area (Å²) in [5.74, 6) is 0.524. The van der Waals surface area contributed by atoms with Crippen LogP contribution in [0.15, 0.2) is 18.2 Å². The van der Waals surface area contributed by atoms with Gasteiger partial charge < -0.3 is 15.0 Å². The second kappa shape index (κ2) is 4.66. The van der Waals surface area contributed by atoms with E-state index in [-0.39, 0.29) is 12.5 Å². The lowest BCUT2D eigenvalue weighted by atomic mass is 10.1. The van der Waals surface area contributed by atoms with Crippen molar-refractivity contribution in [3.63, 3.8) is 0 Å². The van der Waals surface area contributed by atoms with Crippen LogP contribution in [-0.4, -0.2) is 38.5 Å². The number of aliphatic hydroxyl groups excluding tert-OH is 1. The Balaban J connectivity index is 2.04. The Labute approximate surface area is 111 Å². The first-order valence-electron chi connectivity index (χ1n) is 6.60. The number of amides is 1. The summed E-state index contributed by atoms with van der Waals surface area (Å²) >= 11 is 0. The Morgan fingerprint density at radius 2 is 2.42 bits per heavy atom. The molecule has 0 aliphatic carbocycles. The number of benzene rings is 1. The number of aromatic nitrogens is 2. The first-order valence-corrected chi connectivity index (χ1v) is 6.60. The highest BCUT2D eigenvalue weighted by Gasteiger charge is 2.27. The molecule has 0 bridgehead atoms. The fraction of sp³-hybridized carbons (Fsp3) is 0.429. The minimum Gasteiger partial charge on any atom is -0.388 e. The highest BCUT2D eigenvalue weighted by Crippen LogP contribution is 2.23. The van der Waals surface area contributed by atoms with Crippen LogP contribution in [-0.2, 0) is 6.61 Å². The molecule has 1 saturated heterocycles. The van der Waals surface area contributed by atoms with E-state index in [1.165, 1.54) is 0 Å². The summed E-state index contributed by atoms with van der Waals surface area (Å²) in [6.45, 7) is 2.74. The zero-order valence-electron chi connectivity index (χ0n) is 10.9. The second-order valence-electron chi connectivity index (χ2n) is 5.03. The third-order valence-corrected chi connectivity index (χ3v) is 3.76. The number of hydrogen-bond donors (Lipinski definition) is 2. The van der Waals surface area contributed by atoms with Gasteiger partial charge in [0.25, 0.3) is 5.91 Å². The number of H-pyrrole nitrogens is 1. The Morgan fingerprint density at radius 3 is 3.11 bits per heavy atom. The van der Waals surface area contributed by atoms with E-state index in [4.69, 9.17) is 5.11 Å². The number of rotatable bonds is 2. The predicted octanol–water partition coefficient (Wildman–Crippen LogP) is 1.68. The maximum atomic E-state index is 12.6. The Bertz CT molecular complexity index is 620. The highest BCUT2D eigenvalue weighted by atomic mass is 16.3. The molecular formula is C14H17N3O2. The summed E-state index contributed by atoms with van der Waals surface area (Å²) < 4.78 is 0. The van der Waals surface area contributed by atoms with Gasteiger partial charge in [0.1, 0.15) is 17.9 Å². The number of para-hydroxylation sites is 1. The smallest absolute Gasteiger partial charge is 0.256 e. The van der Waals surface area contributed by atoms with Crippen LogP contribution in [0.2, 0.25) is 0 Å². The lowest BCUT2D eigenvalue weighted by Gasteiger charge is -2.21. The van der Waals surface area contributed by atoms with E-state index in [0.29, 0.717) is 22.9 Å². The molecule has 1 aromatic carbocycles. The van der Waals surface area contributed by atoms with Crippen LogP contribution in [0.1, 0.15) is 35.9 Å². The van der Waals surface area contributed by atoms with Gasteiger partial charge in [0, 0.05) is 12.6 Å². The molecule has 1 fully saturated rings. The molecule has 2 aromatic rings. The lowest BCUT2D eigenvalue weighted by Crippen LogP contribution is -2.33. The van der Waals surface area contributed by atoms with Gasteiger partial charge in [-0.05, 0) is 31.9 Å². The number of nitrogens with one attached hydrogen (secondary N) is 1. The van der Waals surface area contributed by atoms with Gasteiger partial charge in [0.2, 0.25) is 0 Å². The number of carbonyl (C=O) groups is 1. The van der Waals surface area contributed by atoms with Crippen LogP contribution < -0.4 is 0 Å². The number of nitrogens with zero attached hydrogens (tertiary/aromatic N) is 2. The van der Waals surface area contributed by atoms with Crippen molar-refractivity contribution in [3.8, 4) is 0 Å². The first kappa shape index (κ1) is 12.2. The van der Waals surface area contributed by atoms with Gasteiger partial charge in [0.15, 0.2) is 0 Å². The van der Waals surface area contributed by atoms with E-state index in [0.717, 1.165) is 24.9 Å². The predicted molar refractivity (Wildman–Crippen MR) is 71.7 cm³/mol. The lowest BCUT2D eigenvalue weighted by molar-refractivity contribution is 0.0749. The molecule has 1 unspecified atom stereocenters. The van der Waals surface area contributed by atoms with Gasteiger partial charge in [-0.2, -0.15) is 0 Å². The maximum Gasteiger partial charge on any atom is 0.256 e. The number of aromatic amines is 1. The van der Waals surface area contributed by atoms with Crippen LogP contribution in [0.3, 0.4) is 0 Å². The molecule has 19 heavy (non-hydrogen) atoms. The van der Waals surface area contributed by atoms with Gasteiger partial charge in [-0.1, -0.05) is 6.07 Å². The van der Waals surface area contributed by atoms with Gasteiger partial charge in [-0.15, -0.1) is 0 Å². The fourth-order valence-electron chi connectivity index (χ4n) is 2.72. The zero-order chi connectivity index (χ0) is 13.4. The standard InChI is InChI=1S/C14H17N3O2/c1-9-4-3-7-17(9)14(19)10-5-2-6-11-13(10)16-12(8-18)15-11/h2,5-6,9,18H,3-4,7-8H2,1H3,(H,15,16). The molecule has 1 aliphatic heterocycles. The summed E-state index contributed by atoms with van der Waals surface area (Å²) in [5.41, 5.74) is 2.06. The van der Waals surface area contributed by atoms with Crippen LogP contribution in [0, 0.1) is 0 Å². The third kappa shape index (κ3) is 2.00. The first-order chi connectivity index (χ1) is 9.20. The summed E-state index contributed by atoms with van der Waals surface area (Å²) in [5, 5.41) is 9.13. The molecule has 1 aliphatic rings. The Morgan fingerprint density at radius 1 is 1.58 bits per heavy atom. The summed E-state index contributed by atoms with van der Waals surface area (Å²) in [6.07, 6.45) is 2.12. The van der Waals surface area contributed by atoms with E-state index in [9.17, 15) is 4.79 Å². The minimum absolute atomic E-state index is 0.0339. The molecule has 0 radical (unpaired) electrons. The van der Waals surface area contributed by atoms with Crippen molar-refractivity contribution in [2.75, 3.05) is 6.54 Å². The molecule has 2 N–H and O–H groups in total. The van der Waals surface area contributed by atoms with E-state index >= 15 is 0 Å². The SMILES string of the molecule is CC1CCCN1C(=O)c1cccc2[nH]c(CO)nc12. The highest BCUT2D eigenvalue weighted by molar-refractivity contribution is 6.05. The van der Waals surface area contributed by atoms with Crippen molar-refractivity contribution < 1.29 is 9.90 Å². The van der Waals surface area contributed by atoms with E-state index in [1.807, 2.05) is 17.0 Å². The van der Waals surface area contributed by atoms with Crippen LogP contribution in [0.25, 0.3) is 11.0 Å². The average molecular weight is 259 g/mol. The zero-order valence-corrected chi connectivity index (χ0v) is 10.9. The van der Waals surface area contributed by atoms with Crippen molar-refractivity contribution in [2.45, 2.75) is 32.4 Å². The molecule has 2 heterocycles. The van der Waals surface area contributed by atoms with Crippen LogP contribution >= 0.6 is 0 Å². The van der Waals surface area contributed by atoms with Crippen molar-refractivity contribution in [3.05, 3.63) is 29.6 Å². The summed E-state index contributed by atoms with van der Waals surface area (Å²) in [4.78, 5) is 21.8. The average Bonchev–Trinajstić information content (AvgIpc) is 3.02. The van der Waals surface area contributed by atoms with E-state index in [2.05, 4.69) is 16.9 Å². The Hall–Kier alpha value is -1.88. The quantitative estimate of drug-likeness (QED) is 0.862. The van der Waals surface area contributed by atoms with Gasteiger partial charge in [0.05, 0.1) is 11.1 Å². The Kier molecular flexibility index (Phi) is 2.98. The van der Waals surface area contributed by atoms with E-state index in [1.54, 1.807) is 6.07 Å². The van der Waals surface area contributed by atoms with Crippen molar-refractivity contribution >= 4 is 16.9 Å². The molecule has 1 aromatic heterocycles. The number of carbonyl (C=O) groups excluding carboxylic acids is 1. The minimum atomic E-state index is -0.150. The molecule has 5 heteroatoms. The van der Waals surface area contributed by atoms with Crippen molar-refractivity contribution in [2.24, 2.45) is 0 Å². The molecule has 0 saturated carbocycles.